The molecule has 0 N–H and O–H groups in total. The molecule has 1 heterocycles. The van der Waals surface area contributed by atoms with Crippen LogP contribution >= 0.6 is 0 Å². The minimum atomic E-state index is -0.595. The van der Waals surface area contributed by atoms with Crippen LogP contribution in [0, 0.1) is 0 Å². The lowest BCUT2D eigenvalue weighted by molar-refractivity contribution is 0.769. The van der Waals surface area contributed by atoms with E-state index in [0.717, 1.165) is 39.0 Å². The Morgan fingerprint density at radius 1 is 0.268 bits per heavy atom. The average Bonchev–Trinajstić information content (AvgIpc) is 3.76. The lowest BCUT2D eigenvalue weighted by atomic mass is 9.66. The molecule has 0 saturated heterocycles. The number of rotatable bonds is 7. The van der Waals surface area contributed by atoms with Crippen LogP contribution in [0.2, 0.25) is 0 Å². The first-order valence-electron chi connectivity index (χ1n) is 24.5. The Hall–Kier alpha value is -9.24. The molecule has 14 rings (SSSR count). The quantitative estimate of drug-likeness (QED) is 0.118. The second-order valence-corrected chi connectivity index (χ2v) is 18.7. The van der Waals surface area contributed by atoms with Gasteiger partial charge in [-0.3, -0.25) is 0 Å². The third-order valence-corrected chi connectivity index (χ3v) is 15.0. The predicted octanol–water partition coefficient (Wildman–Crippen LogP) is 17.8. The topological polar surface area (TPSA) is 25.8 Å². The SMILES string of the molecule is c1ccc(-c2nc(-c3cccc4c3C(c3ccccc3)(c3ccccc3)c3ccccc3-4)cc(-c3ccc(-c4ccc(-c5c6ccccc6cc6c5ccc5ccccc56)cc4)c4ccccc34)n2)cc1. The van der Waals surface area contributed by atoms with Crippen molar-refractivity contribution >= 4 is 43.1 Å². The van der Waals surface area contributed by atoms with Gasteiger partial charge in [-0.25, -0.2) is 9.97 Å². The second-order valence-electron chi connectivity index (χ2n) is 18.7. The van der Waals surface area contributed by atoms with Gasteiger partial charge in [0, 0.05) is 16.7 Å². The number of fused-ring (bicyclic) bond motifs is 8. The van der Waals surface area contributed by atoms with Crippen molar-refractivity contribution in [3.05, 3.63) is 289 Å². The normalized spacial score (nSPS) is 12.6. The minimum absolute atomic E-state index is 0.595. The molecule has 13 aromatic rings. The molecular weight excluding hydrogens is 857 g/mol. The summed E-state index contributed by atoms with van der Waals surface area (Å²) in [7, 11) is 0. The molecule has 1 aliphatic carbocycles. The molecule has 0 bridgehead atoms. The van der Waals surface area contributed by atoms with Gasteiger partial charge in [0.15, 0.2) is 5.82 Å². The van der Waals surface area contributed by atoms with E-state index in [4.69, 9.17) is 9.97 Å². The van der Waals surface area contributed by atoms with Gasteiger partial charge in [-0.2, -0.15) is 0 Å². The van der Waals surface area contributed by atoms with Crippen LogP contribution in [0.15, 0.2) is 267 Å². The number of nitrogens with zero attached hydrogens (tertiary/aromatic N) is 2. The van der Waals surface area contributed by atoms with Gasteiger partial charge in [-0.15, -0.1) is 0 Å². The highest BCUT2D eigenvalue weighted by Gasteiger charge is 2.47. The summed E-state index contributed by atoms with van der Waals surface area (Å²) in [4.78, 5) is 11.0. The number of benzene rings is 12. The van der Waals surface area contributed by atoms with E-state index in [9.17, 15) is 0 Å². The number of hydrogen-bond acceptors (Lipinski definition) is 2. The molecule has 2 heteroatoms. The highest BCUT2D eigenvalue weighted by atomic mass is 14.9. The Morgan fingerprint density at radius 3 is 1.54 bits per heavy atom. The lowest BCUT2D eigenvalue weighted by Gasteiger charge is -2.35. The fourth-order valence-corrected chi connectivity index (χ4v) is 11.9. The monoisotopic (exact) mass is 900 g/mol. The van der Waals surface area contributed by atoms with Crippen molar-refractivity contribution in [2.45, 2.75) is 5.41 Å². The van der Waals surface area contributed by atoms with E-state index < -0.39 is 5.41 Å². The molecule has 12 aromatic carbocycles. The Morgan fingerprint density at radius 2 is 0.803 bits per heavy atom. The Balaban J connectivity index is 0.944. The molecule has 1 aliphatic rings. The van der Waals surface area contributed by atoms with Gasteiger partial charge in [-0.1, -0.05) is 255 Å². The third kappa shape index (κ3) is 6.42. The van der Waals surface area contributed by atoms with E-state index in [1.54, 1.807) is 0 Å². The van der Waals surface area contributed by atoms with Gasteiger partial charge in [0.1, 0.15) is 0 Å². The Bertz CT molecular complexity index is 4160. The molecule has 0 aliphatic heterocycles. The van der Waals surface area contributed by atoms with Crippen LogP contribution < -0.4 is 0 Å². The van der Waals surface area contributed by atoms with Crippen molar-refractivity contribution in [2.75, 3.05) is 0 Å². The highest BCUT2D eigenvalue weighted by Crippen LogP contribution is 2.58. The van der Waals surface area contributed by atoms with Crippen LogP contribution in [0.3, 0.4) is 0 Å². The van der Waals surface area contributed by atoms with Crippen molar-refractivity contribution in [1.82, 2.24) is 9.97 Å². The molecule has 71 heavy (non-hydrogen) atoms. The maximum Gasteiger partial charge on any atom is 0.160 e. The van der Waals surface area contributed by atoms with E-state index in [0.29, 0.717) is 5.82 Å². The van der Waals surface area contributed by atoms with E-state index in [1.165, 1.54) is 87.8 Å². The van der Waals surface area contributed by atoms with Crippen LogP contribution in [-0.2, 0) is 5.41 Å². The first kappa shape index (κ1) is 40.8. The largest absolute Gasteiger partial charge is 0.228 e. The molecule has 1 aromatic heterocycles. The zero-order valence-corrected chi connectivity index (χ0v) is 38.8. The van der Waals surface area contributed by atoms with Crippen LogP contribution in [0.1, 0.15) is 22.3 Å². The summed E-state index contributed by atoms with van der Waals surface area (Å²) in [6.07, 6.45) is 0. The summed E-state index contributed by atoms with van der Waals surface area (Å²) in [5.41, 5.74) is 16.5. The van der Waals surface area contributed by atoms with Crippen LogP contribution in [0.25, 0.3) is 110 Å². The Kier molecular flexibility index (Phi) is 9.47. The minimum Gasteiger partial charge on any atom is -0.228 e. The lowest BCUT2D eigenvalue weighted by Crippen LogP contribution is -2.29. The zero-order chi connectivity index (χ0) is 46.9. The third-order valence-electron chi connectivity index (χ3n) is 15.0. The van der Waals surface area contributed by atoms with Crippen LogP contribution in [0.4, 0.5) is 0 Å². The van der Waals surface area contributed by atoms with Gasteiger partial charge < -0.3 is 0 Å². The molecule has 0 spiro atoms. The molecule has 0 saturated carbocycles. The van der Waals surface area contributed by atoms with Gasteiger partial charge in [0.25, 0.3) is 0 Å². The van der Waals surface area contributed by atoms with Gasteiger partial charge >= 0.3 is 0 Å². The van der Waals surface area contributed by atoms with Gasteiger partial charge in [0.2, 0.25) is 0 Å². The van der Waals surface area contributed by atoms with Gasteiger partial charge in [0.05, 0.1) is 16.8 Å². The van der Waals surface area contributed by atoms with E-state index in [-0.39, 0.29) is 0 Å². The fourth-order valence-electron chi connectivity index (χ4n) is 11.9. The first-order valence-corrected chi connectivity index (χ1v) is 24.5. The van der Waals surface area contributed by atoms with E-state index in [1.807, 2.05) is 0 Å². The van der Waals surface area contributed by atoms with E-state index in [2.05, 4.69) is 267 Å². The molecule has 2 nitrogen and oxygen atoms in total. The van der Waals surface area contributed by atoms with Crippen LogP contribution in [0.5, 0.6) is 0 Å². The molecule has 0 fully saturated rings. The van der Waals surface area contributed by atoms with Crippen molar-refractivity contribution in [3.63, 3.8) is 0 Å². The van der Waals surface area contributed by atoms with Crippen molar-refractivity contribution < 1.29 is 0 Å². The number of aromatic nitrogens is 2. The number of hydrogen-bond donors (Lipinski definition) is 0. The predicted molar refractivity (Wildman–Crippen MR) is 297 cm³/mol. The maximum absolute atomic E-state index is 5.51. The Labute approximate surface area is 412 Å². The first-order chi connectivity index (χ1) is 35.2. The van der Waals surface area contributed by atoms with Gasteiger partial charge in [-0.05, 0) is 111 Å². The summed E-state index contributed by atoms with van der Waals surface area (Å²) < 4.78 is 0. The summed E-state index contributed by atoms with van der Waals surface area (Å²) >= 11 is 0. The molecular formula is C69H44N2. The van der Waals surface area contributed by atoms with Crippen LogP contribution in [-0.4, -0.2) is 9.97 Å². The summed E-state index contributed by atoms with van der Waals surface area (Å²) in [6, 6.07) is 97.2. The molecule has 0 amide bonds. The molecule has 330 valence electrons. The molecule has 0 unspecified atom stereocenters. The average molecular weight is 901 g/mol. The zero-order valence-electron chi connectivity index (χ0n) is 38.8. The molecule has 0 radical (unpaired) electrons. The van der Waals surface area contributed by atoms with Crippen molar-refractivity contribution in [1.29, 1.82) is 0 Å². The summed E-state index contributed by atoms with van der Waals surface area (Å²) in [5.74, 6) is 0.689. The van der Waals surface area contributed by atoms with Crippen molar-refractivity contribution in [3.8, 4) is 67.3 Å². The summed E-state index contributed by atoms with van der Waals surface area (Å²) in [5, 5.41) is 9.88. The standard InChI is InChI=1S/C69H44N2/c1-4-20-48(21-5-1)68-70-64(44-65(71-68)61-33-18-32-60-57-31-16-17-34-63(57)69(67(60)61,50-23-6-2-7-24-50)51-25-8-3-9-26-51)58-42-41-53(55-29-14-15-30-56(55)58)46-35-37-47(38-36-46)66-54-28-13-11-22-49(54)43-62-52-27-12-10-19-45(52)39-40-59(62)66/h1-44H. The fraction of sp³-hybridized carbons (Fsp3) is 0.0145. The highest BCUT2D eigenvalue weighted by molar-refractivity contribution is 6.20. The summed E-state index contributed by atoms with van der Waals surface area (Å²) in [6.45, 7) is 0. The second kappa shape index (κ2) is 16.5. The maximum atomic E-state index is 5.51. The smallest absolute Gasteiger partial charge is 0.160 e. The van der Waals surface area contributed by atoms with E-state index >= 15 is 0 Å². The van der Waals surface area contributed by atoms with Crippen molar-refractivity contribution in [2.24, 2.45) is 0 Å². The molecule has 0 atom stereocenters.